The number of ether oxygens (including phenoxy) is 1. The molecule has 0 saturated carbocycles. The molecule has 0 bridgehead atoms. The van der Waals surface area contributed by atoms with Gasteiger partial charge in [-0.05, 0) is 67.9 Å². The molecule has 3 aromatic carbocycles. The lowest BCUT2D eigenvalue weighted by Crippen LogP contribution is -2.50. The Morgan fingerprint density at radius 2 is 1.63 bits per heavy atom. The number of nitriles is 1. The molecule has 0 spiro atoms. The van der Waals surface area contributed by atoms with Crippen molar-refractivity contribution in [3.63, 3.8) is 0 Å². The number of rotatable bonds is 5. The van der Waals surface area contributed by atoms with Gasteiger partial charge in [0.05, 0.1) is 11.6 Å². The molecule has 0 aliphatic carbocycles. The summed E-state index contributed by atoms with van der Waals surface area (Å²) in [6, 6.07) is 18.7. The van der Waals surface area contributed by atoms with Crippen molar-refractivity contribution < 1.29 is 17.9 Å². The number of halogens is 1. The largest absolute Gasteiger partial charge is 0.456 e. The molecule has 9 heteroatoms. The van der Waals surface area contributed by atoms with Crippen LogP contribution in [-0.2, 0) is 10.0 Å². The second-order valence-corrected chi connectivity index (χ2v) is 10.7. The third-order valence-corrected chi connectivity index (χ3v) is 7.90. The van der Waals surface area contributed by atoms with E-state index in [-0.39, 0.29) is 48.3 Å². The van der Waals surface area contributed by atoms with Crippen LogP contribution in [0.15, 0.2) is 65.6 Å². The Hall–Kier alpha value is -3.38. The highest BCUT2D eigenvalue weighted by Gasteiger charge is 2.33. The first-order chi connectivity index (χ1) is 16.7. The third-order valence-electron chi connectivity index (χ3n) is 5.76. The van der Waals surface area contributed by atoms with E-state index in [2.05, 4.69) is 0 Å². The van der Waals surface area contributed by atoms with Crippen LogP contribution in [0.3, 0.4) is 0 Å². The Morgan fingerprint density at radius 3 is 2.26 bits per heavy atom. The summed E-state index contributed by atoms with van der Waals surface area (Å²) in [4.78, 5) is 14.4. The Bertz CT molecular complexity index is 1390. The van der Waals surface area contributed by atoms with Crippen LogP contribution < -0.4 is 4.74 Å². The summed E-state index contributed by atoms with van der Waals surface area (Å²) >= 11 is 6.12. The van der Waals surface area contributed by atoms with Crippen molar-refractivity contribution in [3.8, 4) is 17.6 Å². The van der Waals surface area contributed by atoms with Crippen LogP contribution in [0.4, 0.5) is 0 Å². The van der Waals surface area contributed by atoms with Crippen LogP contribution in [0.5, 0.6) is 11.5 Å². The number of nitrogens with zero attached hydrogens (tertiary/aromatic N) is 3. The maximum absolute atomic E-state index is 13.6. The van der Waals surface area contributed by atoms with Gasteiger partial charge in [-0.1, -0.05) is 29.3 Å². The predicted octanol–water partition coefficient (Wildman–Crippen LogP) is 4.77. The molecule has 1 aliphatic heterocycles. The predicted molar refractivity (Wildman–Crippen MR) is 133 cm³/mol. The first-order valence-corrected chi connectivity index (χ1v) is 12.8. The number of hydrogen-bond acceptors (Lipinski definition) is 5. The number of carbonyl (C=O) groups excluding carboxylic acids is 1. The maximum atomic E-state index is 13.6. The Labute approximate surface area is 210 Å². The van der Waals surface area contributed by atoms with Crippen LogP contribution in [0.2, 0.25) is 5.02 Å². The van der Waals surface area contributed by atoms with E-state index < -0.39 is 10.0 Å². The van der Waals surface area contributed by atoms with Crippen molar-refractivity contribution in [2.45, 2.75) is 18.7 Å². The lowest BCUT2D eigenvalue weighted by atomic mass is 10.1. The van der Waals surface area contributed by atoms with E-state index in [1.165, 1.54) is 22.5 Å². The summed E-state index contributed by atoms with van der Waals surface area (Å²) in [6.07, 6.45) is 0. The Morgan fingerprint density at radius 1 is 0.943 bits per heavy atom. The van der Waals surface area contributed by atoms with Crippen molar-refractivity contribution in [2.75, 3.05) is 26.2 Å². The van der Waals surface area contributed by atoms with Crippen molar-refractivity contribution in [1.82, 2.24) is 9.21 Å². The van der Waals surface area contributed by atoms with E-state index in [0.717, 1.165) is 11.1 Å². The first kappa shape index (κ1) is 24.7. The summed E-state index contributed by atoms with van der Waals surface area (Å²) in [5.74, 6) is 0.363. The lowest BCUT2D eigenvalue weighted by Gasteiger charge is -2.34. The van der Waals surface area contributed by atoms with Crippen molar-refractivity contribution in [3.05, 3.63) is 87.9 Å². The number of benzene rings is 3. The normalized spacial score (nSPS) is 14.4. The van der Waals surface area contributed by atoms with E-state index in [1.54, 1.807) is 35.2 Å². The smallest absolute Gasteiger partial charge is 0.253 e. The molecule has 180 valence electrons. The minimum atomic E-state index is -4.00. The minimum Gasteiger partial charge on any atom is -0.456 e. The molecule has 0 aromatic heterocycles. The summed E-state index contributed by atoms with van der Waals surface area (Å²) in [5, 5.41) is 9.82. The maximum Gasteiger partial charge on any atom is 0.253 e. The molecule has 0 atom stereocenters. The number of aryl methyl sites for hydroxylation is 2. The van der Waals surface area contributed by atoms with E-state index >= 15 is 0 Å². The molecule has 0 unspecified atom stereocenters. The highest BCUT2D eigenvalue weighted by molar-refractivity contribution is 7.89. The number of amides is 1. The minimum absolute atomic E-state index is 0.101. The van der Waals surface area contributed by atoms with E-state index in [9.17, 15) is 18.5 Å². The molecule has 4 rings (SSSR count). The fourth-order valence-corrected chi connectivity index (χ4v) is 5.74. The van der Waals surface area contributed by atoms with Gasteiger partial charge in [0.25, 0.3) is 5.91 Å². The van der Waals surface area contributed by atoms with Crippen molar-refractivity contribution >= 4 is 27.5 Å². The SMILES string of the molecule is Cc1ccc(C(=O)N2CCN(S(=O)(=O)c3cc(C#N)ccc3Oc3cc(C)cc(Cl)c3)CC2)cc1. The molecular weight excluding hydrogens is 486 g/mol. The average Bonchev–Trinajstić information content (AvgIpc) is 2.83. The standard InChI is InChI=1S/C26H24ClN3O4S/c1-18-3-6-21(7-4-18)26(31)29-9-11-30(12-10-29)35(32,33)25-15-20(17-28)5-8-24(25)34-23-14-19(2)13-22(27)16-23/h3-8,13-16H,9-12H2,1-2H3. The van der Waals surface area contributed by atoms with Crippen LogP contribution in [0.1, 0.15) is 27.0 Å². The van der Waals surface area contributed by atoms with Gasteiger partial charge in [-0.15, -0.1) is 0 Å². The zero-order chi connectivity index (χ0) is 25.2. The van der Waals surface area contributed by atoms with Gasteiger partial charge >= 0.3 is 0 Å². The zero-order valence-corrected chi connectivity index (χ0v) is 20.9. The number of carbonyl (C=O) groups is 1. The van der Waals surface area contributed by atoms with E-state index in [4.69, 9.17) is 16.3 Å². The molecule has 0 radical (unpaired) electrons. The van der Waals surface area contributed by atoms with Gasteiger partial charge in [0, 0.05) is 36.8 Å². The van der Waals surface area contributed by atoms with Gasteiger partial charge in [-0.2, -0.15) is 9.57 Å². The van der Waals surface area contributed by atoms with Gasteiger partial charge in [0.15, 0.2) is 0 Å². The number of piperazine rings is 1. The lowest BCUT2D eigenvalue weighted by molar-refractivity contribution is 0.0698. The fraction of sp³-hybridized carbons (Fsp3) is 0.231. The molecule has 1 fully saturated rings. The highest BCUT2D eigenvalue weighted by Crippen LogP contribution is 2.33. The van der Waals surface area contributed by atoms with Crippen LogP contribution >= 0.6 is 11.6 Å². The van der Waals surface area contributed by atoms with Gasteiger partial charge in [-0.25, -0.2) is 8.42 Å². The summed E-state index contributed by atoms with van der Waals surface area (Å²) in [5.41, 5.74) is 2.69. The third kappa shape index (κ3) is 5.49. The van der Waals surface area contributed by atoms with Crippen molar-refractivity contribution in [2.24, 2.45) is 0 Å². The Kier molecular flexibility index (Phi) is 7.13. The quantitative estimate of drug-likeness (QED) is 0.494. The van der Waals surface area contributed by atoms with Crippen LogP contribution in [-0.4, -0.2) is 49.7 Å². The van der Waals surface area contributed by atoms with Gasteiger partial charge < -0.3 is 9.64 Å². The second-order valence-electron chi connectivity index (χ2n) is 8.40. The first-order valence-electron chi connectivity index (χ1n) is 11.0. The molecule has 35 heavy (non-hydrogen) atoms. The Balaban J connectivity index is 1.57. The van der Waals surface area contributed by atoms with Crippen LogP contribution in [0.25, 0.3) is 0 Å². The monoisotopic (exact) mass is 509 g/mol. The topological polar surface area (TPSA) is 90.7 Å². The average molecular weight is 510 g/mol. The highest BCUT2D eigenvalue weighted by atomic mass is 35.5. The molecule has 1 amide bonds. The molecule has 1 aliphatic rings. The van der Waals surface area contributed by atoms with E-state index in [0.29, 0.717) is 16.3 Å². The molecule has 0 N–H and O–H groups in total. The molecule has 1 heterocycles. The number of hydrogen-bond donors (Lipinski definition) is 0. The molecular formula is C26H24ClN3O4S. The fourth-order valence-electron chi connectivity index (χ4n) is 3.90. The summed E-state index contributed by atoms with van der Waals surface area (Å²) < 4.78 is 34.4. The molecule has 7 nitrogen and oxygen atoms in total. The van der Waals surface area contributed by atoms with Crippen LogP contribution in [0, 0.1) is 25.2 Å². The van der Waals surface area contributed by atoms with Crippen molar-refractivity contribution in [1.29, 1.82) is 5.26 Å². The zero-order valence-electron chi connectivity index (χ0n) is 19.4. The number of sulfonamides is 1. The van der Waals surface area contributed by atoms with Gasteiger partial charge in [0.2, 0.25) is 10.0 Å². The molecule has 3 aromatic rings. The van der Waals surface area contributed by atoms with Gasteiger partial charge in [-0.3, -0.25) is 4.79 Å². The summed E-state index contributed by atoms with van der Waals surface area (Å²) in [7, 11) is -4.00. The summed E-state index contributed by atoms with van der Waals surface area (Å²) in [6.45, 7) is 4.58. The van der Waals surface area contributed by atoms with Gasteiger partial charge in [0.1, 0.15) is 16.4 Å². The molecule has 1 saturated heterocycles. The second kappa shape index (κ2) is 10.1. The van der Waals surface area contributed by atoms with E-state index in [1.807, 2.05) is 32.0 Å².